The second-order valence-electron chi connectivity index (χ2n) is 7.46. The second-order valence-corrected chi connectivity index (χ2v) is 7.46. The molecule has 4 nitrogen and oxygen atoms in total. The first-order valence-corrected chi connectivity index (χ1v) is 9.28. The maximum Gasteiger partial charge on any atom is 0.408 e. The number of benzene rings is 3. The van der Waals surface area contributed by atoms with Gasteiger partial charge in [0.1, 0.15) is 11.4 Å². The van der Waals surface area contributed by atoms with Crippen LogP contribution in [0.3, 0.4) is 0 Å². The smallest absolute Gasteiger partial charge is 0.408 e. The number of alkyl carbamates (subject to hydrolysis) is 1. The number of hydrogen-bond donors (Lipinski definition) is 1. The molecule has 1 amide bonds. The van der Waals surface area contributed by atoms with Crippen LogP contribution in [0, 0.1) is 0 Å². The Labute approximate surface area is 165 Å². The third-order valence-corrected chi connectivity index (χ3v) is 4.05. The summed E-state index contributed by atoms with van der Waals surface area (Å²) >= 11 is 0. The molecule has 4 heteroatoms. The van der Waals surface area contributed by atoms with Gasteiger partial charge in [0, 0.05) is 5.39 Å². The van der Waals surface area contributed by atoms with E-state index in [2.05, 4.69) is 5.32 Å². The molecule has 144 valence electrons. The van der Waals surface area contributed by atoms with Crippen LogP contribution in [-0.4, -0.2) is 11.7 Å². The fourth-order valence-corrected chi connectivity index (χ4v) is 2.83. The molecule has 0 saturated carbocycles. The molecule has 1 N–H and O–H groups in total. The van der Waals surface area contributed by atoms with Crippen LogP contribution in [0.15, 0.2) is 85.1 Å². The van der Waals surface area contributed by atoms with E-state index in [0.29, 0.717) is 0 Å². The average Bonchev–Trinajstić information content (AvgIpc) is 2.66. The van der Waals surface area contributed by atoms with Gasteiger partial charge in [0.2, 0.25) is 0 Å². The van der Waals surface area contributed by atoms with Gasteiger partial charge in [-0.15, -0.1) is 0 Å². The van der Waals surface area contributed by atoms with Crippen molar-refractivity contribution in [1.29, 1.82) is 0 Å². The van der Waals surface area contributed by atoms with Crippen molar-refractivity contribution >= 4 is 16.9 Å². The number of carbonyl (C=O) groups excluding carboxylic acids is 1. The molecule has 0 aromatic heterocycles. The maximum atomic E-state index is 12.2. The van der Waals surface area contributed by atoms with Crippen LogP contribution in [0.5, 0.6) is 5.75 Å². The summed E-state index contributed by atoms with van der Waals surface area (Å²) in [5.41, 5.74) is 0.375. The Morgan fingerprint density at radius 2 is 1.61 bits per heavy atom. The minimum atomic E-state index is -0.561. The van der Waals surface area contributed by atoms with Gasteiger partial charge in [-0.2, -0.15) is 0 Å². The lowest BCUT2D eigenvalue weighted by Crippen LogP contribution is -2.34. The van der Waals surface area contributed by atoms with Crippen molar-refractivity contribution in [1.82, 2.24) is 5.32 Å². The summed E-state index contributed by atoms with van der Waals surface area (Å²) in [7, 11) is 0. The van der Waals surface area contributed by atoms with E-state index in [1.54, 1.807) is 12.3 Å². The van der Waals surface area contributed by atoms with Gasteiger partial charge in [-0.05, 0) is 43.9 Å². The van der Waals surface area contributed by atoms with E-state index >= 15 is 0 Å². The van der Waals surface area contributed by atoms with Gasteiger partial charge in [-0.3, -0.25) is 0 Å². The Bertz CT molecular complexity index is 953. The predicted octanol–water partition coefficient (Wildman–Crippen LogP) is 6.00. The van der Waals surface area contributed by atoms with E-state index in [1.165, 1.54) is 0 Å². The molecular formula is C24H25NO3. The van der Waals surface area contributed by atoms with E-state index in [-0.39, 0.29) is 6.04 Å². The molecule has 3 aromatic carbocycles. The molecule has 28 heavy (non-hydrogen) atoms. The van der Waals surface area contributed by atoms with Crippen molar-refractivity contribution in [3.05, 3.63) is 90.7 Å². The predicted molar refractivity (Wildman–Crippen MR) is 112 cm³/mol. The molecule has 0 spiro atoms. The third-order valence-electron chi connectivity index (χ3n) is 4.05. The van der Waals surface area contributed by atoms with Crippen LogP contribution in [-0.2, 0) is 4.74 Å². The quantitative estimate of drug-likeness (QED) is 0.557. The largest absolute Gasteiger partial charge is 0.465 e. The van der Waals surface area contributed by atoms with Crippen molar-refractivity contribution in [3.8, 4) is 5.75 Å². The van der Waals surface area contributed by atoms with Gasteiger partial charge in [-0.1, -0.05) is 66.7 Å². The van der Waals surface area contributed by atoms with Gasteiger partial charge in [0.25, 0.3) is 0 Å². The first kappa shape index (κ1) is 19.5. The Balaban J connectivity index is 1.78. The summed E-state index contributed by atoms with van der Waals surface area (Å²) in [6.07, 6.45) is 2.94. The van der Waals surface area contributed by atoms with Crippen LogP contribution >= 0.6 is 0 Å². The van der Waals surface area contributed by atoms with E-state index in [0.717, 1.165) is 22.1 Å². The zero-order chi connectivity index (χ0) is 20.0. The minimum Gasteiger partial charge on any atom is -0.465 e. The second kappa shape index (κ2) is 8.61. The molecule has 0 fully saturated rings. The first-order chi connectivity index (χ1) is 13.4. The van der Waals surface area contributed by atoms with Crippen LogP contribution in [0.1, 0.15) is 32.4 Å². The van der Waals surface area contributed by atoms with Crippen LogP contribution in [0.4, 0.5) is 4.79 Å². The molecule has 0 aliphatic heterocycles. The number of nitrogens with one attached hydrogen (secondary N) is 1. The molecule has 0 heterocycles. The summed E-state index contributed by atoms with van der Waals surface area (Å²) in [4.78, 5) is 12.2. The van der Waals surface area contributed by atoms with Crippen molar-refractivity contribution in [2.24, 2.45) is 0 Å². The highest BCUT2D eigenvalue weighted by Crippen LogP contribution is 2.25. The highest BCUT2D eigenvalue weighted by Gasteiger charge is 2.19. The topological polar surface area (TPSA) is 47.6 Å². The van der Waals surface area contributed by atoms with Gasteiger partial charge >= 0.3 is 6.09 Å². The highest BCUT2D eigenvalue weighted by atomic mass is 16.6. The summed E-state index contributed by atoms with van der Waals surface area (Å²) in [5.74, 6) is 0.762. The number of fused-ring (bicyclic) bond motifs is 1. The Kier molecular flexibility index (Phi) is 5.99. The minimum absolute atomic E-state index is 0.369. The van der Waals surface area contributed by atoms with E-state index in [9.17, 15) is 4.79 Å². The summed E-state index contributed by atoms with van der Waals surface area (Å²) in [6, 6.07) is 23.3. The zero-order valence-corrected chi connectivity index (χ0v) is 16.4. The molecule has 3 rings (SSSR count). The van der Waals surface area contributed by atoms with Gasteiger partial charge in [-0.25, -0.2) is 4.79 Å². The van der Waals surface area contributed by atoms with Crippen molar-refractivity contribution in [2.75, 3.05) is 0 Å². The first-order valence-electron chi connectivity index (χ1n) is 9.28. The highest BCUT2D eigenvalue weighted by molar-refractivity contribution is 5.88. The number of rotatable bonds is 5. The number of hydrogen-bond acceptors (Lipinski definition) is 3. The lowest BCUT2D eigenvalue weighted by Gasteiger charge is -2.22. The molecule has 0 unspecified atom stereocenters. The summed E-state index contributed by atoms with van der Waals surface area (Å²) < 4.78 is 11.3. The van der Waals surface area contributed by atoms with Crippen molar-refractivity contribution < 1.29 is 14.3 Å². The van der Waals surface area contributed by atoms with E-state index in [1.807, 2.05) is 93.6 Å². The standard InChI is InChI=1S/C24H25NO3/c1-24(2,3)28-23(26)25-21(19-11-5-4-6-12-19)16-17-27-22-15-9-13-18-10-7-8-14-20(18)22/h4-17,21H,1-3H3,(H,25,26)/b17-16+/t21-/m1/s1. The average molecular weight is 375 g/mol. The van der Waals surface area contributed by atoms with Gasteiger partial charge < -0.3 is 14.8 Å². The van der Waals surface area contributed by atoms with Crippen LogP contribution in [0.25, 0.3) is 10.8 Å². The van der Waals surface area contributed by atoms with Crippen LogP contribution < -0.4 is 10.1 Å². The SMILES string of the molecule is CC(C)(C)OC(=O)N[C@H](/C=C/Oc1cccc2ccccc12)c1ccccc1. The van der Waals surface area contributed by atoms with Crippen molar-refractivity contribution in [3.63, 3.8) is 0 Å². The van der Waals surface area contributed by atoms with Gasteiger partial charge in [0.15, 0.2) is 0 Å². The third kappa shape index (κ3) is 5.36. The lowest BCUT2D eigenvalue weighted by atomic mass is 10.1. The maximum absolute atomic E-state index is 12.2. The van der Waals surface area contributed by atoms with Crippen molar-refractivity contribution in [2.45, 2.75) is 32.4 Å². The summed E-state index contributed by atoms with van der Waals surface area (Å²) in [6.45, 7) is 5.51. The number of amides is 1. The van der Waals surface area contributed by atoms with Gasteiger partial charge in [0.05, 0.1) is 12.3 Å². The normalized spacial score (nSPS) is 12.7. The lowest BCUT2D eigenvalue weighted by molar-refractivity contribution is 0.0513. The Hall–Kier alpha value is -3.27. The van der Waals surface area contributed by atoms with Crippen LogP contribution in [0.2, 0.25) is 0 Å². The molecule has 0 saturated heterocycles. The molecule has 0 bridgehead atoms. The summed E-state index contributed by atoms with van der Waals surface area (Å²) in [5, 5.41) is 5.03. The fraction of sp³-hybridized carbons (Fsp3) is 0.208. The molecule has 0 aliphatic rings. The molecule has 0 radical (unpaired) electrons. The molecular weight excluding hydrogens is 350 g/mol. The zero-order valence-electron chi connectivity index (χ0n) is 16.4. The Morgan fingerprint density at radius 3 is 2.36 bits per heavy atom. The monoisotopic (exact) mass is 375 g/mol. The molecule has 3 aromatic rings. The fourth-order valence-electron chi connectivity index (χ4n) is 2.83. The molecule has 0 aliphatic carbocycles. The number of ether oxygens (including phenoxy) is 2. The van der Waals surface area contributed by atoms with E-state index < -0.39 is 11.7 Å². The molecule has 1 atom stereocenters. The number of carbonyl (C=O) groups is 1. The van der Waals surface area contributed by atoms with E-state index in [4.69, 9.17) is 9.47 Å². The Morgan fingerprint density at radius 1 is 0.929 bits per heavy atom.